The number of likely N-dealkylation sites (tertiary alicyclic amines) is 1. The number of hydrogen-bond acceptors (Lipinski definition) is 4. The molecule has 4 rings (SSSR count). The average Bonchev–Trinajstić information content (AvgIpc) is 3.35. The van der Waals surface area contributed by atoms with Crippen molar-refractivity contribution in [3.63, 3.8) is 0 Å². The monoisotopic (exact) mass is 353 g/mol. The van der Waals surface area contributed by atoms with Gasteiger partial charge in [0.05, 0.1) is 19.3 Å². The van der Waals surface area contributed by atoms with Crippen molar-refractivity contribution in [3.8, 4) is 0 Å². The van der Waals surface area contributed by atoms with Gasteiger partial charge in [0, 0.05) is 37.3 Å². The molecular weight excluding hydrogens is 330 g/mol. The summed E-state index contributed by atoms with van der Waals surface area (Å²) in [5.41, 5.74) is 1.44. The fraction of sp³-hybridized carbons (Fsp3) is 0.400. The molecule has 6 heteroatoms. The van der Waals surface area contributed by atoms with E-state index in [9.17, 15) is 9.90 Å². The molecule has 0 aliphatic carbocycles. The van der Waals surface area contributed by atoms with E-state index in [0.717, 1.165) is 12.0 Å². The molecule has 2 aromatic rings. The van der Waals surface area contributed by atoms with Gasteiger partial charge in [0.25, 0.3) is 0 Å². The van der Waals surface area contributed by atoms with E-state index < -0.39 is 11.7 Å². The summed E-state index contributed by atoms with van der Waals surface area (Å²) in [6.45, 7) is 1.31. The predicted octanol–water partition coefficient (Wildman–Crippen LogP) is 1.58. The number of rotatable bonds is 3. The van der Waals surface area contributed by atoms with Gasteiger partial charge in [0.2, 0.25) is 5.91 Å². The molecule has 26 heavy (non-hydrogen) atoms. The van der Waals surface area contributed by atoms with Crippen LogP contribution in [-0.4, -0.2) is 57.1 Å². The van der Waals surface area contributed by atoms with Gasteiger partial charge in [-0.05, 0) is 18.1 Å². The molecular formula is C20H23N3O3. The highest BCUT2D eigenvalue weighted by molar-refractivity contribution is 5.92. The topological polar surface area (TPSA) is 67.6 Å². The van der Waals surface area contributed by atoms with E-state index in [1.54, 1.807) is 21.9 Å². The number of aryl methyl sites for hydroxylation is 1. The van der Waals surface area contributed by atoms with Gasteiger partial charge in [0.15, 0.2) is 0 Å². The van der Waals surface area contributed by atoms with Crippen LogP contribution in [0.3, 0.4) is 0 Å². The van der Waals surface area contributed by atoms with Crippen molar-refractivity contribution in [1.82, 2.24) is 14.7 Å². The van der Waals surface area contributed by atoms with Crippen LogP contribution in [0, 0.1) is 0 Å². The average molecular weight is 353 g/mol. The predicted molar refractivity (Wildman–Crippen MR) is 97.3 cm³/mol. The first-order valence-electron chi connectivity index (χ1n) is 8.88. The van der Waals surface area contributed by atoms with Crippen molar-refractivity contribution in [3.05, 3.63) is 59.9 Å². The van der Waals surface area contributed by atoms with E-state index in [1.807, 2.05) is 31.4 Å². The Morgan fingerprint density at radius 1 is 1.38 bits per heavy atom. The summed E-state index contributed by atoms with van der Waals surface area (Å²) in [7, 11) is 1.83. The summed E-state index contributed by atoms with van der Waals surface area (Å²) in [5.74, 6) is 0.142. The second-order valence-corrected chi connectivity index (χ2v) is 7.20. The number of β-amino-alcohol motifs (C(OH)–C–C–N with tert-alkyl or cyclic N) is 1. The van der Waals surface area contributed by atoms with Gasteiger partial charge in [-0.3, -0.25) is 9.48 Å². The molecule has 2 aliphatic heterocycles. The molecule has 1 N–H and O–H groups in total. The zero-order valence-corrected chi connectivity index (χ0v) is 14.8. The fourth-order valence-electron chi connectivity index (χ4n) is 3.92. The molecule has 0 radical (unpaired) electrons. The molecule has 2 aliphatic rings. The minimum atomic E-state index is -0.660. The number of hydrogen-bond donors (Lipinski definition) is 1. The Balaban J connectivity index is 1.43. The molecule has 1 aromatic heterocycles. The molecule has 1 amide bonds. The first-order chi connectivity index (χ1) is 12.6. The maximum Gasteiger partial charge on any atom is 0.246 e. The van der Waals surface area contributed by atoms with Gasteiger partial charge in [0.1, 0.15) is 11.7 Å². The van der Waals surface area contributed by atoms with Crippen LogP contribution in [0.25, 0.3) is 6.08 Å². The Hall–Kier alpha value is -2.44. The third kappa shape index (κ3) is 3.18. The van der Waals surface area contributed by atoms with Crippen LogP contribution in [0.4, 0.5) is 0 Å². The number of benzene rings is 1. The van der Waals surface area contributed by atoms with Crippen LogP contribution in [0.15, 0.2) is 48.8 Å². The normalized spacial score (nSPS) is 28.5. The van der Waals surface area contributed by atoms with Gasteiger partial charge < -0.3 is 14.7 Å². The second kappa shape index (κ2) is 6.70. The first-order valence-corrected chi connectivity index (χ1v) is 8.88. The third-order valence-corrected chi connectivity index (χ3v) is 5.35. The second-order valence-electron chi connectivity index (χ2n) is 7.20. The summed E-state index contributed by atoms with van der Waals surface area (Å²) in [5, 5.41) is 14.7. The van der Waals surface area contributed by atoms with E-state index in [2.05, 4.69) is 17.2 Å². The number of aromatic nitrogens is 2. The zero-order valence-electron chi connectivity index (χ0n) is 14.8. The minimum absolute atomic E-state index is 0.114. The highest BCUT2D eigenvalue weighted by Gasteiger charge is 2.52. The summed E-state index contributed by atoms with van der Waals surface area (Å²) in [4.78, 5) is 14.2. The highest BCUT2D eigenvalue weighted by Crippen LogP contribution is 2.42. The molecule has 2 fully saturated rings. The van der Waals surface area contributed by atoms with Crippen molar-refractivity contribution < 1.29 is 14.6 Å². The minimum Gasteiger partial charge on any atom is -0.388 e. The van der Waals surface area contributed by atoms with Crippen molar-refractivity contribution in [1.29, 1.82) is 0 Å². The van der Waals surface area contributed by atoms with Gasteiger partial charge in [-0.15, -0.1) is 0 Å². The number of aliphatic hydroxyl groups excluding tert-OH is 1. The van der Waals surface area contributed by atoms with Gasteiger partial charge in [-0.1, -0.05) is 30.3 Å². The lowest BCUT2D eigenvalue weighted by Crippen LogP contribution is -2.41. The molecule has 0 bridgehead atoms. The third-order valence-electron chi connectivity index (χ3n) is 5.35. The Bertz CT molecular complexity index is 817. The molecule has 3 atom stereocenters. The largest absolute Gasteiger partial charge is 0.388 e. The Kier molecular flexibility index (Phi) is 4.38. The van der Waals surface area contributed by atoms with Crippen LogP contribution in [0.5, 0.6) is 0 Å². The quantitative estimate of drug-likeness (QED) is 0.851. The van der Waals surface area contributed by atoms with Crippen LogP contribution < -0.4 is 0 Å². The maximum atomic E-state index is 12.5. The van der Waals surface area contributed by atoms with E-state index in [0.29, 0.717) is 19.7 Å². The molecule has 3 heterocycles. The number of amides is 1. The lowest BCUT2D eigenvalue weighted by atomic mass is 9.87. The van der Waals surface area contributed by atoms with Crippen LogP contribution >= 0.6 is 0 Å². The fourth-order valence-corrected chi connectivity index (χ4v) is 3.92. The summed E-state index contributed by atoms with van der Waals surface area (Å²) >= 11 is 0. The van der Waals surface area contributed by atoms with Crippen molar-refractivity contribution in [2.24, 2.45) is 7.05 Å². The van der Waals surface area contributed by atoms with Crippen molar-refractivity contribution in [2.45, 2.75) is 24.0 Å². The molecule has 136 valence electrons. The molecule has 2 saturated heterocycles. The lowest BCUT2D eigenvalue weighted by Gasteiger charge is -2.25. The maximum absolute atomic E-state index is 12.5. The van der Waals surface area contributed by atoms with E-state index in [1.165, 1.54) is 11.6 Å². The molecule has 6 nitrogen and oxygen atoms in total. The van der Waals surface area contributed by atoms with Crippen LogP contribution in [-0.2, 0) is 16.6 Å². The number of ether oxygens (including phenoxy) is 1. The van der Waals surface area contributed by atoms with E-state index >= 15 is 0 Å². The molecule has 1 aromatic carbocycles. The first kappa shape index (κ1) is 17.0. The Labute approximate surface area is 152 Å². The number of aliphatic hydroxyl groups is 1. The van der Waals surface area contributed by atoms with E-state index in [4.69, 9.17) is 4.74 Å². The lowest BCUT2D eigenvalue weighted by molar-refractivity contribution is -0.126. The van der Waals surface area contributed by atoms with E-state index in [-0.39, 0.29) is 11.8 Å². The summed E-state index contributed by atoms with van der Waals surface area (Å²) in [6.07, 6.45) is 6.89. The highest BCUT2D eigenvalue weighted by atomic mass is 16.5. The van der Waals surface area contributed by atoms with Crippen molar-refractivity contribution >= 4 is 12.0 Å². The summed E-state index contributed by atoms with van der Waals surface area (Å²) < 4.78 is 7.74. The zero-order chi connectivity index (χ0) is 18.1. The standard InChI is InChI=1S/C20H23N3O3/c1-22-11-15(10-21-22)7-8-19(25)23-12-18(24)20(14-23)9-17(13-26-20)16-5-3-2-4-6-16/h2-8,10-11,17-18,24H,9,12-14H2,1H3/t17-,18+,20+/m0/s1. The smallest absolute Gasteiger partial charge is 0.246 e. The number of carbonyl (C=O) groups excluding carboxylic acids is 1. The van der Waals surface area contributed by atoms with Crippen molar-refractivity contribution in [2.75, 3.05) is 19.7 Å². The van der Waals surface area contributed by atoms with Crippen LogP contribution in [0.1, 0.15) is 23.5 Å². The number of carbonyl (C=O) groups is 1. The Morgan fingerprint density at radius 2 is 2.19 bits per heavy atom. The molecule has 1 spiro atoms. The summed E-state index contributed by atoms with van der Waals surface area (Å²) in [6, 6.07) is 10.2. The molecule has 0 unspecified atom stereocenters. The van der Waals surface area contributed by atoms with Gasteiger partial charge in [-0.25, -0.2) is 0 Å². The number of nitrogens with zero attached hydrogens (tertiary/aromatic N) is 3. The SMILES string of the molecule is Cn1cc(C=CC(=O)N2C[C@@H](O)[C@@]3(C[C@H](c4ccccc4)CO3)C2)cn1. The molecule has 0 saturated carbocycles. The Morgan fingerprint density at radius 3 is 2.92 bits per heavy atom. The van der Waals surface area contributed by atoms with Gasteiger partial charge >= 0.3 is 0 Å². The van der Waals surface area contributed by atoms with Crippen LogP contribution in [0.2, 0.25) is 0 Å². The van der Waals surface area contributed by atoms with Gasteiger partial charge in [-0.2, -0.15) is 5.10 Å².